The summed E-state index contributed by atoms with van der Waals surface area (Å²) in [6.45, 7) is 2.07. The quantitative estimate of drug-likeness (QED) is 0.739. The number of carbonyl (C=O) groups excluding carboxylic acids is 2. The third kappa shape index (κ3) is 5.91. The van der Waals surface area contributed by atoms with E-state index in [-0.39, 0.29) is 31.3 Å². The monoisotopic (exact) mass is 424 g/mol. The van der Waals surface area contributed by atoms with Gasteiger partial charge in [-0.05, 0) is 42.8 Å². The van der Waals surface area contributed by atoms with Crippen molar-refractivity contribution < 1.29 is 18.4 Å². The predicted octanol–water partition coefficient (Wildman–Crippen LogP) is 3.43. The molecule has 2 rings (SSSR count). The maximum atomic E-state index is 13.9. The molecule has 26 heavy (non-hydrogen) atoms. The molecule has 0 aliphatic rings. The number of nitrogens with one attached hydrogen (secondary N) is 1. The first-order valence-corrected chi connectivity index (χ1v) is 8.91. The number of rotatable bonds is 7. The van der Waals surface area contributed by atoms with Crippen molar-refractivity contribution in [2.24, 2.45) is 0 Å². The highest BCUT2D eigenvalue weighted by Gasteiger charge is 2.15. The lowest BCUT2D eigenvalue weighted by Crippen LogP contribution is -2.40. The molecule has 0 aliphatic carbocycles. The Bertz CT molecular complexity index is 799. The van der Waals surface area contributed by atoms with Crippen molar-refractivity contribution in [2.75, 3.05) is 13.1 Å². The Morgan fingerprint density at radius 2 is 1.92 bits per heavy atom. The molecule has 1 N–H and O–H groups in total. The van der Waals surface area contributed by atoms with Gasteiger partial charge in [0.1, 0.15) is 11.6 Å². The minimum atomic E-state index is -0.417. The average molecular weight is 425 g/mol. The van der Waals surface area contributed by atoms with E-state index < -0.39 is 11.6 Å². The fourth-order valence-electron chi connectivity index (χ4n) is 2.43. The summed E-state index contributed by atoms with van der Waals surface area (Å²) >= 11 is 3.28. The number of nitrogens with zero attached hydrogens (tertiary/aromatic N) is 1. The lowest BCUT2D eigenvalue weighted by atomic mass is 10.1. The maximum Gasteiger partial charge on any atom is 0.242 e. The summed E-state index contributed by atoms with van der Waals surface area (Å²) in [6, 6.07) is 10.3. The molecular weight excluding hydrogens is 406 g/mol. The Hall–Kier alpha value is -2.28. The second kappa shape index (κ2) is 9.43. The summed E-state index contributed by atoms with van der Waals surface area (Å²) in [7, 11) is 0. The summed E-state index contributed by atoms with van der Waals surface area (Å²) in [5.74, 6) is -1.51. The molecule has 2 aromatic rings. The number of amides is 2. The largest absolute Gasteiger partial charge is 0.347 e. The molecule has 0 saturated heterocycles. The number of carbonyl (C=O) groups is 2. The van der Waals surface area contributed by atoms with Crippen LogP contribution in [-0.2, 0) is 22.6 Å². The predicted molar refractivity (Wildman–Crippen MR) is 98.3 cm³/mol. The molecule has 138 valence electrons. The van der Waals surface area contributed by atoms with Crippen LogP contribution < -0.4 is 5.32 Å². The van der Waals surface area contributed by atoms with Crippen LogP contribution in [0, 0.1) is 11.6 Å². The Morgan fingerprint density at radius 3 is 2.62 bits per heavy atom. The van der Waals surface area contributed by atoms with Gasteiger partial charge in [-0.2, -0.15) is 0 Å². The van der Waals surface area contributed by atoms with Crippen molar-refractivity contribution in [2.45, 2.75) is 19.9 Å². The molecule has 0 aliphatic heterocycles. The number of likely N-dealkylation sites (N-methyl/N-ethyl adjacent to an activating group) is 1. The fraction of sp³-hybridized carbons (Fsp3) is 0.263. The number of hydrogen-bond donors (Lipinski definition) is 1. The molecule has 4 nitrogen and oxygen atoms in total. The lowest BCUT2D eigenvalue weighted by Gasteiger charge is -2.21. The summed E-state index contributed by atoms with van der Waals surface area (Å²) in [4.78, 5) is 25.7. The van der Waals surface area contributed by atoms with Crippen LogP contribution in [0.5, 0.6) is 0 Å². The number of halogens is 3. The second-order valence-corrected chi connectivity index (χ2v) is 6.64. The number of benzene rings is 2. The van der Waals surface area contributed by atoms with Gasteiger partial charge in [0.15, 0.2) is 0 Å². The normalized spacial score (nSPS) is 10.5. The fourth-order valence-corrected chi connectivity index (χ4v) is 2.84. The molecule has 0 radical (unpaired) electrons. The van der Waals surface area contributed by atoms with E-state index in [1.165, 1.54) is 29.2 Å². The third-order valence-corrected chi connectivity index (χ3v) is 4.29. The van der Waals surface area contributed by atoms with Gasteiger partial charge in [-0.1, -0.05) is 28.1 Å². The van der Waals surface area contributed by atoms with Crippen LogP contribution in [-0.4, -0.2) is 29.8 Å². The topological polar surface area (TPSA) is 49.4 Å². The highest BCUT2D eigenvalue weighted by atomic mass is 79.9. The van der Waals surface area contributed by atoms with E-state index in [0.29, 0.717) is 17.7 Å². The van der Waals surface area contributed by atoms with Crippen molar-refractivity contribution >= 4 is 27.7 Å². The van der Waals surface area contributed by atoms with Crippen molar-refractivity contribution in [3.8, 4) is 0 Å². The van der Waals surface area contributed by atoms with Gasteiger partial charge in [-0.25, -0.2) is 8.78 Å². The van der Waals surface area contributed by atoms with Gasteiger partial charge in [0, 0.05) is 23.1 Å². The van der Waals surface area contributed by atoms with E-state index in [9.17, 15) is 18.4 Å². The van der Waals surface area contributed by atoms with Gasteiger partial charge < -0.3 is 10.2 Å². The average Bonchev–Trinajstić information content (AvgIpc) is 2.60. The molecule has 0 spiro atoms. The first-order chi connectivity index (χ1) is 12.4. The molecule has 0 unspecified atom stereocenters. The Morgan fingerprint density at radius 1 is 1.15 bits per heavy atom. The standard InChI is InChI=1S/C19H19BrF2N2O2/c1-2-24(12-14-10-15(20)6-7-17(14)22)19(26)11-23-18(25)9-13-4-3-5-16(21)8-13/h3-8,10H,2,9,11-12H2,1H3,(H,23,25). The first kappa shape index (κ1) is 20.0. The lowest BCUT2D eigenvalue weighted by molar-refractivity contribution is -0.133. The van der Waals surface area contributed by atoms with Crippen LogP contribution in [0.4, 0.5) is 8.78 Å². The van der Waals surface area contributed by atoms with Gasteiger partial charge in [0.2, 0.25) is 11.8 Å². The van der Waals surface area contributed by atoms with Crippen molar-refractivity contribution in [3.05, 3.63) is 69.7 Å². The molecule has 7 heteroatoms. The summed E-state index contributed by atoms with van der Waals surface area (Å²) in [5, 5.41) is 2.52. The van der Waals surface area contributed by atoms with E-state index >= 15 is 0 Å². The Labute approximate surface area is 159 Å². The van der Waals surface area contributed by atoms with Crippen molar-refractivity contribution in [3.63, 3.8) is 0 Å². The van der Waals surface area contributed by atoms with Crippen LogP contribution in [0.2, 0.25) is 0 Å². The molecule has 0 bridgehead atoms. The highest BCUT2D eigenvalue weighted by Crippen LogP contribution is 2.17. The molecule has 0 aromatic heterocycles. The van der Waals surface area contributed by atoms with Gasteiger partial charge >= 0.3 is 0 Å². The van der Waals surface area contributed by atoms with Crippen LogP contribution in [0.1, 0.15) is 18.1 Å². The maximum absolute atomic E-state index is 13.9. The molecule has 0 atom stereocenters. The zero-order valence-electron chi connectivity index (χ0n) is 14.3. The van der Waals surface area contributed by atoms with Crippen LogP contribution >= 0.6 is 15.9 Å². The van der Waals surface area contributed by atoms with Crippen molar-refractivity contribution in [1.29, 1.82) is 0 Å². The molecular formula is C19H19BrF2N2O2. The van der Waals surface area contributed by atoms with Crippen LogP contribution in [0.25, 0.3) is 0 Å². The van der Waals surface area contributed by atoms with E-state index in [4.69, 9.17) is 0 Å². The smallest absolute Gasteiger partial charge is 0.242 e. The van der Waals surface area contributed by atoms with Gasteiger partial charge in [-0.3, -0.25) is 9.59 Å². The third-order valence-electron chi connectivity index (χ3n) is 3.79. The van der Waals surface area contributed by atoms with E-state index in [1.54, 1.807) is 25.1 Å². The Kier molecular flexibility index (Phi) is 7.26. The number of hydrogen-bond acceptors (Lipinski definition) is 2. The zero-order valence-corrected chi connectivity index (χ0v) is 15.9. The minimum Gasteiger partial charge on any atom is -0.347 e. The van der Waals surface area contributed by atoms with Crippen LogP contribution in [0.15, 0.2) is 46.9 Å². The van der Waals surface area contributed by atoms with Gasteiger partial charge in [0.25, 0.3) is 0 Å². The molecule has 0 fully saturated rings. The van der Waals surface area contributed by atoms with Crippen molar-refractivity contribution in [1.82, 2.24) is 10.2 Å². The van der Waals surface area contributed by atoms with E-state index in [0.717, 1.165) is 4.47 Å². The van der Waals surface area contributed by atoms with E-state index in [1.807, 2.05) is 0 Å². The summed E-state index contributed by atoms with van der Waals surface area (Å²) < 4.78 is 27.7. The minimum absolute atomic E-state index is 0.0164. The molecule has 0 heterocycles. The Balaban J connectivity index is 1.90. The van der Waals surface area contributed by atoms with E-state index in [2.05, 4.69) is 21.2 Å². The first-order valence-electron chi connectivity index (χ1n) is 8.12. The summed E-state index contributed by atoms with van der Waals surface area (Å²) in [6.07, 6.45) is -0.0164. The second-order valence-electron chi connectivity index (χ2n) is 5.73. The zero-order chi connectivity index (χ0) is 19.1. The summed E-state index contributed by atoms with van der Waals surface area (Å²) in [5.41, 5.74) is 0.916. The van der Waals surface area contributed by atoms with Gasteiger partial charge in [0.05, 0.1) is 13.0 Å². The van der Waals surface area contributed by atoms with Gasteiger partial charge in [-0.15, -0.1) is 0 Å². The SMILES string of the molecule is CCN(Cc1cc(Br)ccc1F)C(=O)CNC(=O)Cc1cccc(F)c1. The molecule has 2 amide bonds. The van der Waals surface area contributed by atoms with Crippen LogP contribution in [0.3, 0.4) is 0 Å². The molecule has 0 saturated carbocycles. The molecule has 2 aromatic carbocycles. The highest BCUT2D eigenvalue weighted by molar-refractivity contribution is 9.10.